The normalized spacial score (nSPS) is 11.8. The highest BCUT2D eigenvalue weighted by atomic mass is 32.1. The van der Waals surface area contributed by atoms with E-state index in [1.807, 2.05) is 97.1 Å². The van der Waals surface area contributed by atoms with Crippen molar-refractivity contribution in [3.8, 4) is 44.7 Å². The highest BCUT2D eigenvalue weighted by molar-refractivity contribution is 7.21. The predicted octanol–water partition coefficient (Wildman–Crippen LogP) is 10.9. The number of nitrogens with zero attached hydrogens (tertiary/aromatic N) is 4. The molecule has 0 amide bonds. The molecule has 0 aliphatic rings. The summed E-state index contributed by atoms with van der Waals surface area (Å²) in [5.41, 5.74) is 7.73. The number of thiazole rings is 1. The van der Waals surface area contributed by atoms with Crippen molar-refractivity contribution in [1.29, 1.82) is 0 Å². The highest BCUT2D eigenvalue weighted by Gasteiger charge is 2.21. The fourth-order valence-electron chi connectivity index (χ4n) is 6.40. The van der Waals surface area contributed by atoms with E-state index < -0.39 is 0 Å². The lowest BCUT2D eigenvalue weighted by atomic mass is 10.0. The molecule has 4 heterocycles. The van der Waals surface area contributed by atoms with Crippen molar-refractivity contribution < 1.29 is 8.83 Å². The third-order valence-corrected chi connectivity index (χ3v) is 9.67. The highest BCUT2D eigenvalue weighted by Crippen LogP contribution is 2.40. The van der Waals surface area contributed by atoms with Crippen LogP contribution in [0, 0.1) is 0 Å². The summed E-state index contributed by atoms with van der Waals surface area (Å²) in [5.74, 6) is 1.68. The summed E-state index contributed by atoms with van der Waals surface area (Å²) in [6, 6.07) is 44.7. The second-order valence-corrected chi connectivity index (χ2v) is 12.5. The van der Waals surface area contributed by atoms with Crippen LogP contribution in [0.2, 0.25) is 0 Å². The molecule has 0 fully saturated rings. The molecule has 0 saturated carbocycles. The van der Waals surface area contributed by atoms with E-state index in [0.717, 1.165) is 81.4 Å². The molecular weight excluding hydrogens is 601 g/mol. The zero-order valence-electron chi connectivity index (χ0n) is 24.7. The molecule has 47 heavy (non-hydrogen) atoms. The van der Waals surface area contributed by atoms with Crippen LogP contribution in [0.5, 0.6) is 0 Å². The first kappa shape index (κ1) is 26.1. The molecule has 6 aromatic carbocycles. The van der Waals surface area contributed by atoms with E-state index >= 15 is 0 Å². The minimum absolute atomic E-state index is 0.540. The van der Waals surface area contributed by atoms with Gasteiger partial charge in [0.25, 0.3) is 0 Å². The molecule has 4 aromatic heterocycles. The summed E-state index contributed by atoms with van der Waals surface area (Å²) in [5, 5.41) is 4.97. The Bertz CT molecular complexity index is 2780. The van der Waals surface area contributed by atoms with E-state index in [9.17, 15) is 0 Å². The topological polar surface area (TPSA) is 77.8 Å². The summed E-state index contributed by atoms with van der Waals surface area (Å²) in [7, 11) is 0. The van der Waals surface area contributed by atoms with Gasteiger partial charge in [-0.2, -0.15) is 0 Å². The van der Waals surface area contributed by atoms with Crippen molar-refractivity contribution in [2.24, 2.45) is 0 Å². The predicted molar refractivity (Wildman–Crippen MR) is 189 cm³/mol. The van der Waals surface area contributed by atoms with E-state index in [0.29, 0.717) is 17.5 Å². The van der Waals surface area contributed by atoms with Crippen LogP contribution in [0.15, 0.2) is 142 Å². The van der Waals surface area contributed by atoms with Crippen molar-refractivity contribution in [2.75, 3.05) is 0 Å². The van der Waals surface area contributed by atoms with Gasteiger partial charge < -0.3 is 8.83 Å². The van der Waals surface area contributed by atoms with Crippen LogP contribution in [0.1, 0.15) is 0 Å². The van der Waals surface area contributed by atoms with Gasteiger partial charge in [0.1, 0.15) is 27.3 Å². The van der Waals surface area contributed by atoms with Gasteiger partial charge in [-0.05, 0) is 48.5 Å². The summed E-state index contributed by atoms with van der Waals surface area (Å²) < 4.78 is 13.9. The molecule has 7 heteroatoms. The lowest BCUT2D eigenvalue weighted by Gasteiger charge is -2.09. The number of aromatic nitrogens is 4. The summed E-state index contributed by atoms with van der Waals surface area (Å²) in [6.07, 6.45) is 0. The Hall–Kier alpha value is -6.18. The summed E-state index contributed by atoms with van der Waals surface area (Å²) in [4.78, 5) is 20.1. The molecule has 6 nitrogen and oxygen atoms in total. The third-order valence-electron chi connectivity index (χ3n) is 8.59. The number of para-hydroxylation sites is 3. The smallest absolute Gasteiger partial charge is 0.167 e. The van der Waals surface area contributed by atoms with Gasteiger partial charge >= 0.3 is 0 Å². The number of benzene rings is 6. The molecule has 0 spiro atoms. The maximum atomic E-state index is 6.40. The molecular formula is C40H22N4O2S. The van der Waals surface area contributed by atoms with Crippen LogP contribution in [0.4, 0.5) is 0 Å². The zero-order valence-corrected chi connectivity index (χ0v) is 25.5. The Labute approximate surface area is 271 Å². The SMILES string of the molecule is c1ccc(-c2nc(-c3cccc4c3oc3ccccc34)nc(-c3cccc4oc5ccc(-c6nc7ccccc7s6)cc5c34)n2)cc1. The molecule has 0 bridgehead atoms. The fourth-order valence-corrected chi connectivity index (χ4v) is 7.36. The van der Waals surface area contributed by atoms with E-state index in [2.05, 4.69) is 36.4 Å². The standard InChI is InChI=1S/C40H22N4O2S/c1-2-10-23(11-3-1)37-42-38(44-39(43-37)28-15-8-13-26-25-12-4-6-17-31(25)46-36(26)28)27-14-9-18-33-35(27)29-22-24(20-21-32(29)45-33)40-41-30-16-5-7-19-34(30)47-40/h1-22H. The average molecular weight is 623 g/mol. The maximum absolute atomic E-state index is 6.40. The first-order valence-electron chi connectivity index (χ1n) is 15.3. The number of rotatable bonds is 4. The van der Waals surface area contributed by atoms with Crippen molar-refractivity contribution in [1.82, 2.24) is 19.9 Å². The minimum Gasteiger partial charge on any atom is -0.456 e. The lowest BCUT2D eigenvalue weighted by molar-refractivity contribution is 0.668. The molecule has 0 radical (unpaired) electrons. The monoisotopic (exact) mass is 622 g/mol. The molecule has 0 atom stereocenters. The van der Waals surface area contributed by atoms with Gasteiger partial charge in [-0.15, -0.1) is 11.3 Å². The number of hydrogen-bond acceptors (Lipinski definition) is 7. The van der Waals surface area contributed by atoms with E-state index in [4.69, 9.17) is 28.8 Å². The van der Waals surface area contributed by atoms with Gasteiger partial charge in [0.05, 0.1) is 15.8 Å². The maximum Gasteiger partial charge on any atom is 0.167 e. The molecule has 0 N–H and O–H groups in total. The summed E-state index contributed by atoms with van der Waals surface area (Å²) >= 11 is 1.69. The zero-order chi connectivity index (χ0) is 30.9. The fraction of sp³-hybridized carbons (Fsp3) is 0. The van der Waals surface area contributed by atoms with Crippen molar-refractivity contribution in [3.63, 3.8) is 0 Å². The van der Waals surface area contributed by atoms with Crippen LogP contribution in [-0.2, 0) is 0 Å². The van der Waals surface area contributed by atoms with Crippen LogP contribution in [0.3, 0.4) is 0 Å². The minimum atomic E-state index is 0.540. The summed E-state index contributed by atoms with van der Waals surface area (Å²) in [6.45, 7) is 0. The number of fused-ring (bicyclic) bond motifs is 7. The second kappa shape index (κ2) is 10.2. The Morgan fingerprint density at radius 3 is 2.06 bits per heavy atom. The number of hydrogen-bond donors (Lipinski definition) is 0. The van der Waals surface area contributed by atoms with Gasteiger partial charge in [0, 0.05) is 38.2 Å². The Morgan fingerprint density at radius 1 is 0.447 bits per heavy atom. The molecule has 0 saturated heterocycles. The number of furan rings is 2. The first-order chi connectivity index (χ1) is 23.3. The van der Waals surface area contributed by atoms with Gasteiger partial charge in [0.2, 0.25) is 0 Å². The Balaban J connectivity index is 1.22. The second-order valence-electron chi connectivity index (χ2n) is 11.4. The molecule has 10 aromatic rings. The Morgan fingerprint density at radius 2 is 1.15 bits per heavy atom. The van der Waals surface area contributed by atoms with Crippen LogP contribution in [-0.4, -0.2) is 19.9 Å². The average Bonchev–Trinajstić information content (AvgIpc) is 3.85. The molecule has 0 aliphatic carbocycles. The molecule has 0 aliphatic heterocycles. The first-order valence-corrected chi connectivity index (χ1v) is 16.1. The van der Waals surface area contributed by atoms with Crippen LogP contribution in [0.25, 0.3) is 98.8 Å². The Kier molecular flexibility index (Phi) is 5.64. The van der Waals surface area contributed by atoms with E-state index in [1.54, 1.807) is 11.3 Å². The van der Waals surface area contributed by atoms with Gasteiger partial charge in [0.15, 0.2) is 17.5 Å². The largest absolute Gasteiger partial charge is 0.456 e. The van der Waals surface area contributed by atoms with Gasteiger partial charge in [-0.3, -0.25) is 0 Å². The van der Waals surface area contributed by atoms with E-state index in [1.165, 1.54) is 0 Å². The van der Waals surface area contributed by atoms with E-state index in [-0.39, 0.29) is 0 Å². The van der Waals surface area contributed by atoms with Gasteiger partial charge in [-0.25, -0.2) is 19.9 Å². The lowest BCUT2D eigenvalue weighted by Crippen LogP contribution is -2.00. The molecule has 10 rings (SSSR count). The van der Waals surface area contributed by atoms with Crippen molar-refractivity contribution in [3.05, 3.63) is 133 Å². The third kappa shape index (κ3) is 4.17. The van der Waals surface area contributed by atoms with Crippen molar-refractivity contribution >= 4 is 65.4 Å². The molecule has 0 unspecified atom stereocenters. The van der Waals surface area contributed by atoms with Crippen LogP contribution < -0.4 is 0 Å². The quantitative estimate of drug-likeness (QED) is 0.194. The van der Waals surface area contributed by atoms with Crippen LogP contribution >= 0.6 is 11.3 Å². The van der Waals surface area contributed by atoms with Gasteiger partial charge in [-0.1, -0.05) is 84.9 Å². The molecule has 220 valence electrons. The van der Waals surface area contributed by atoms with Crippen molar-refractivity contribution in [2.45, 2.75) is 0 Å².